The molecule has 0 radical (unpaired) electrons. The number of rotatable bonds is 2. The second kappa shape index (κ2) is 5.50. The molecule has 0 saturated carbocycles. The molecule has 4 heteroatoms. The number of nitrogens with two attached hydrogens (primary N) is 1. The molecule has 1 aromatic rings. The van der Waals surface area contributed by atoms with Crippen LogP contribution in [0.4, 0.5) is 0 Å². The van der Waals surface area contributed by atoms with E-state index in [1.165, 1.54) is 0 Å². The minimum absolute atomic E-state index is 0.0315. The lowest BCUT2D eigenvalue weighted by Gasteiger charge is -2.34. The monoisotopic (exact) mass is 248 g/mol. The van der Waals surface area contributed by atoms with E-state index >= 15 is 0 Å². The van der Waals surface area contributed by atoms with Gasteiger partial charge in [0.1, 0.15) is 0 Å². The Balaban J connectivity index is 2.11. The summed E-state index contributed by atoms with van der Waals surface area (Å²) in [5.41, 5.74) is 7.23. The fourth-order valence-electron chi connectivity index (χ4n) is 2.33. The third-order valence-electron chi connectivity index (χ3n) is 3.56. The molecule has 1 amide bonds. The van der Waals surface area contributed by atoms with Crippen LogP contribution in [0, 0.1) is 5.92 Å². The zero-order valence-electron chi connectivity index (χ0n) is 10.7. The fourth-order valence-corrected chi connectivity index (χ4v) is 2.33. The van der Waals surface area contributed by atoms with Gasteiger partial charge in [-0.1, -0.05) is 19.1 Å². The summed E-state index contributed by atoms with van der Waals surface area (Å²) in [6.45, 7) is 3.65. The molecule has 0 spiro atoms. The summed E-state index contributed by atoms with van der Waals surface area (Å²) >= 11 is 0. The Morgan fingerprint density at radius 2 is 2.33 bits per heavy atom. The molecule has 0 aromatic heterocycles. The number of aliphatic hydroxyl groups is 1. The topological polar surface area (TPSA) is 66.6 Å². The van der Waals surface area contributed by atoms with Crippen LogP contribution in [0.3, 0.4) is 0 Å². The molecule has 1 aliphatic heterocycles. The number of aliphatic hydroxyl groups excluding tert-OH is 1. The van der Waals surface area contributed by atoms with E-state index in [0.29, 0.717) is 31.6 Å². The average molecular weight is 248 g/mol. The van der Waals surface area contributed by atoms with Crippen LogP contribution in [0.1, 0.15) is 29.3 Å². The average Bonchev–Trinajstić information content (AvgIpc) is 2.41. The van der Waals surface area contributed by atoms with E-state index in [1.807, 2.05) is 36.1 Å². The smallest absolute Gasteiger partial charge is 0.253 e. The van der Waals surface area contributed by atoms with Gasteiger partial charge in [-0.15, -0.1) is 0 Å². The minimum Gasteiger partial charge on any atom is -0.393 e. The van der Waals surface area contributed by atoms with Crippen molar-refractivity contribution in [1.29, 1.82) is 0 Å². The molecule has 1 heterocycles. The molecule has 1 fully saturated rings. The van der Waals surface area contributed by atoms with Gasteiger partial charge in [0, 0.05) is 25.2 Å². The van der Waals surface area contributed by atoms with Crippen molar-refractivity contribution in [1.82, 2.24) is 4.90 Å². The van der Waals surface area contributed by atoms with E-state index in [4.69, 9.17) is 5.73 Å². The Kier molecular flexibility index (Phi) is 3.99. The van der Waals surface area contributed by atoms with Crippen LogP contribution in [-0.2, 0) is 6.54 Å². The summed E-state index contributed by atoms with van der Waals surface area (Å²) in [5.74, 6) is 0.171. The van der Waals surface area contributed by atoms with E-state index in [9.17, 15) is 9.90 Å². The quantitative estimate of drug-likeness (QED) is 0.820. The van der Waals surface area contributed by atoms with Gasteiger partial charge < -0.3 is 15.7 Å². The zero-order chi connectivity index (χ0) is 13.1. The van der Waals surface area contributed by atoms with Gasteiger partial charge in [-0.3, -0.25) is 4.79 Å². The van der Waals surface area contributed by atoms with Crippen LogP contribution >= 0.6 is 0 Å². The third-order valence-corrected chi connectivity index (χ3v) is 3.56. The summed E-state index contributed by atoms with van der Waals surface area (Å²) < 4.78 is 0. The Morgan fingerprint density at radius 3 is 3.00 bits per heavy atom. The Bertz CT molecular complexity index is 434. The van der Waals surface area contributed by atoms with E-state index in [1.54, 1.807) is 0 Å². The highest BCUT2D eigenvalue weighted by Crippen LogP contribution is 2.19. The van der Waals surface area contributed by atoms with Crippen LogP contribution in [0.25, 0.3) is 0 Å². The van der Waals surface area contributed by atoms with Crippen molar-refractivity contribution in [3.8, 4) is 0 Å². The highest BCUT2D eigenvalue weighted by molar-refractivity contribution is 5.94. The number of piperidine rings is 1. The molecule has 18 heavy (non-hydrogen) atoms. The molecule has 3 N–H and O–H groups in total. The zero-order valence-corrected chi connectivity index (χ0v) is 10.7. The number of likely N-dealkylation sites (tertiary alicyclic amines) is 1. The lowest BCUT2D eigenvalue weighted by Crippen LogP contribution is -2.44. The lowest BCUT2D eigenvalue weighted by molar-refractivity contribution is 0.0297. The maximum Gasteiger partial charge on any atom is 0.253 e. The van der Waals surface area contributed by atoms with Gasteiger partial charge in [-0.25, -0.2) is 0 Å². The van der Waals surface area contributed by atoms with Gasteiger partial charge in [-0.05, 0) is 30.0 Å². The standard InChI is InChI=1S/C14H20N2O2/c1-10-9-16(6-5-13(10)17)14(18)12-4-2-3-11(7-12)8-15/h2-4,7,10,13,17H,5-6,8-9,15H2,1H3. The van der Waals surface area contributed by atoms with Crippen molar-refractivity contribution in [3.05, 3.63) is 35.4 Å². The van der Waals surface area contributed by atoms with Crippen LogP contribution in [0.2, 0.25) is 0 Å². The second-order valence-corrected chi connectivity index (χ2v) is 4.99. The molecule has 0 aliphatic carbocycles. The van der Waals surface area contributed by atoms with E-state index in [2.05, 4.69) is 0 Å². The van der Waals surface area contributed by atoms with Crippen molar-refractivity contribution in [2.75, 3.05) is 13.1 Å². The molecule has 2 atom stereocenters. The number of nitrogens with zero attached hydrogens (tertiary/aromatic N) is 1. The van der Waals surface area contributed by atoms with Crippen molar-refractivity contribution in [3.63, 3.8) is 0 Å². The predicted molar refractivity (Wildman–Crippen MR) is 70.0 cm³/mol. The highest BCUT2D eigenvalue weighted by Gasteiger charge is 2.27. The SMILES string of the molecule is CC1CN(C(=O)c2cccc(CN)c2)CCC1O. The van der Waals surface area contributed by atoms with Gasteiger partial charge in [0.2, 0.25) is 0 Å². The first-order chi connectivity index (χ1) is 8.61. The highest BCUT2D eigenvalue weighted by atomic mass is 16.3. The second-order valence-electron chi connectivity index (χ2n) is 4.99. The first-order valence-corrected chi connectivity index (χ1v) is 6.38. The van der Waals surface area contributed by atoms with Crippen LogP contribution in [0.15, 0.2) is 24.3 Å². The summed E-state index contributed by atoms with van der Waals surface area (Å²) in [7, 11) is 0. The Morgan fingerprint density at radius 1 is 1.56 bits per heavy atom. The molecule has 1 aromatic carbocycles. The molecule has 4 nitrogen and oxygen atoms in total. The number of carbonyl (C=O) groups excluding carboxylic acids is 1. The number of hydrogen-bond acceptors (Lipinski definition) is 3. The van der Waals surface area contributed by atoms with Crippen molar-refractivity contribution in [2.24, 2.45) is 11.7 Å². The third kappa shape index (κ3) is 2.71. The Hall–Kier alpha value is -1.39. The first-order valence-electron chi connectivity index (χ1n) is 6.38. The number of hydrogen-bond donors (Lipinski definition) is 2. The predicted octanol–water partition coefficient (Wildman–Crippen LogP) is 0.988. The maximum absolute atomic E-state index is 12.3. The van der Waals surface area contributed by atoms with Gasteiger partial charge in [0.15, 0.2) is 0 Å². The summed E-state index contributed by atoms with van der Waals surface area (Å²) in [6, 6.07) is 7.44. The molecule has 2 unspecified atom stereocenters. The number of benzene rings is 1. The van der Waals surface area contributed by atoms with Gasteiger partial charge in [-0.2, -0.15) is 0 Å². The largest absolute Gasteiger partial charge is 0.393 e. The summed E-state index contributed by atoms with van der Waals surface area (Å²) in [5, 5.41) is 9.68. The van der Waals surface area contributed by atoms with Crippen molar-refractivity contribution >= 4 is 5.91 Å². The number of amides is 1. The maximum atomic E-state index is 12.3. The van der Waals surface area contributed by atoms with Gasteiger partial charge in [0.05, 0.1) is 6.10 Å². The molecular formula is C14H20N2O2. The number of carbonyl (C=O) groups is 1. The van der Waals surface area contributed by atoms with Crippen molar-refractivity contribution < 1.29 is 9.90 Å². The summed E-state index contributed by atoms with van der Waals surface area (Å²) in [4.78, 5) is 14.1. The molecule has 1 aliphatic rings. The molecular weight excluding hydrogens is 228 g/mol. The molecule has 0 bridgehead atoms. The van der Waals surface area contributed by atoms with Gasteiger partial charge in [0.25, 0.3) is 5.91 Å². The van der Waals surface area contributed by atoms with Crippen LogP contribution < -0.4 is 5.73 Å². The van der Waals surface area contributed by atoms with E-state index < -0.39 is 0 Å². The normalized spacial score (nSPS) is 24.1. The lowest BCUT2D eigenvalue weighted by atomic mass is 9.96. The first kappa shape index (κ1) is 13.1. The molecule has 2 rings (SSSR count). The van der Waals surface area contributed by atoms with Crippen LogP contribution in [0.5, 0.6) is 0 Å². The van der Waals surface area contributed by atoms with E-state index in [-0.39, 0.29) is 17.9 Å². The van der Waals surface area contributed by atoms with Gasteiger partial charge >= 0.3 is 0 Å². The fraction of sp³-hybridized carbons (Fsp3) is 0.500. The molecule has 1 saturated heterocycles. The van der Waals surface area contributed by atoms with Crippen molar-refractivity contribution in [2.45, 2.75) is 26.0 Å². The minimum atomic E-state index is -0.288. The van der Waals surface area contributed by atoms with Crippen LogP contribution in [-0.4, -0.2) is 35.1 Å². The Labute approximate surface area is 107 Å². The summed E-state index contributed by atoms with van der Waals surface area (Å²) in [6.07, 6.45) is 0.369. The molecule has 98 valence electrons. The van der Waals surface area contributed by atoms with E-state index in [0.717, 1.165) is 5.56 Å².